The van der Waals surface area contributed by atoms with Gasteiger partial charge in [0.25, 0.3) is 0 Å². The Morgan fingerprint density at radius 1 is 1.28 bits per heavy atom. The minimum atomic E-state index is -0.533. The average Bonchev–Trinajstić information content (AvgIpc) is 3.02. The number of rotatable bonds is 6. The topological polar surface area (TPSA) is 108 Å². The lowest BCUT2D eigenvalue weighted by Crippen LogP contribution is -2.40. The van der Waals surface area contributed by atoms with Crippen LogP contribution in [-0.4, -0.2) is 51.5 Å². The van der Waals surface area contributed by atoms with E-state index in [0.29, 0.717) is 24.7 Å². The van der Waals surface area contributed by atoms with E-state index in [2.05, 4.69) is 25.9 Å². The number of alkyl carbamates (subject to hydrolysis) is 1. The van der Waals surface area contributed by atoms with Gasteiger partial charge in [0.1, 0.15) is 11.4 Å². The number of nitrogens with one attached hydrogen (secondary N) is 3. The standard InChI is InChI=1S/C21H31N5O3/c1-13(23-20(28)29-21(2,3)4)12-22-18-16-7-5-6-8-17(16)25-19(26-18)24-14-9-10-15(27)11-14/h5-8,13-15,27H,9-12H2,1-4H3,(H,23,28)(H2,22,24,25,26)/t13?,14-,15-/m1/s1. The van der Waals surface area contributed by atoms with Crippen LogP contribution in [0.5, 0.6) is 0 Å². The number of carbonyl (C=O) groups is 1. The fraction of sp³-hybridized carbons (Fsp3) is 0.571. The van der Waals surface area contributed by atoms with Crippen molar-refractivity contribution in [2.75, 3.05) is 17.2 Å². The van der Waals surface area contributed by atoms with Crippen molar-refractivity contribution < 1.29 is 14.6 Å². The van der Waals surface area contributed by atoms with Gasteiger partial charge < -0.3 is 25.8 Å². The van der Waals surface area contributed by atoms with Gasteiger partial charge in [0.05, 0.1) is 11.6 Å². The third kappa shape index (κ3) is 6.19. The summed E-state index contributed by atoms with van der Waals surface area (Å²) in [6.45, 7) is 7.89. The van der Waals surface area contributed by atoms with E-state index >= 15 is 0 Å². The molecule has 1 heterocycles. The van der Waals surface area contributed by atoms with Crippen molar-refractivity contribution in [2.24, 2.45) is 0 Å². The largest absolute Gasteiger partial charge is 0.444 e. The van der Waals surface area contributed by atoms with Crippen LogP contribution in [0.3, 0.4) is 0 Å². The van der Waals surface area contributed by atoms with Gasteiger partial charge in [-0.2, -0.15) is 4.98 Å². The minimum Gasteiger partial charge on any atom is -0.444 e. The Morgan fingerprint density at radius 3 is 2.72 bits per heavy atom. The summed E-state index contributed by atoms with van der Waals surface area (Å²) in [4.78, 5) is 21.2. The molecule has 1 aliphatic carbocycles. The minimum absolute atomic E-state index is 0.153. The van der Waals surface area contributed by atoms with Crippen molar-refractivity contribution in [1.82, 2.24) is 15.3 Å². The maximum atomic E-state index is 11.9. The van der Waals surface area contributed by atoms with Crippen LogP contribution in [0.25, 0.3) is 10.9 Å². The second-order valence-corrected chi connectivity index (χ2v) is 8.65. The fourth-order valence-electron chi connectivity index (χ4n) is 3.36. The normalized spacial score (nSPS) is 20.3. The maximum Gasteiger partial charge on any atom is 0.407 e. The Bertz CT molecular complexity index is 852. The zero-order chi connectivity index (χ0) is 21.0. The molecule has 2 aromatic rings. The zero-order valence-electron chi connectivity index (χ0n) is 17.5. The summed E-state index contributed by atoms with van der Waals surface area (Å²) in [5.41, 5.74) is 0.299. The summed E-state index contributed by atoms with van der Waals surface area (Å²) in [7, 11) is 0. The quantitative estimate of drug-likeness (QED) is 0.588. The molecule has 0 spiro atoms. The molecular weight excluding hydrogens is 370 g/mol. The number of benzene rings is 1. The molecule has 1 unspecified atom stereocenters. The van der Waals surface area contributed by atoms with Crippen molar-refractivity contribution in [3.63, 3.8) is 0 Å². The Hall–Kier alpha value is -2.61. The number of nitrogens with zero attached hydrogens (tertiary/aromatic N) is 2. The number of fused-ring (bicyclic) bond motifs is 1. The van der Waals surface area contributed by atoms with E-state index < -0.39 is 11.7 Å². The van der Waals surface area contributed by atoms with Crippen LogP contribution in [0.2, 0.25) is 0 Å². The van der Waals surface area contributed by atoms with Crippen molar-refractivity contribution in [3.8, 4) is 0 Å². The number of amides is 1. The first-order valence-electron chi connectivity index (χ1n) is 10.1. The molecule has 1 aliphatic rings. The zero-order valence-corrected chi connectivity index (χ0v) is 17.5. The van der Waals surface area contributed by atoms with E-state index in [1.165, 1.54) is 0 Å². The maximum absolute atomic E-state index is 11.9. The fourth-order valence-corrected chi connectivity index (χ4v) is 3.36. The molecule has 0 bridgehead atoms. The second kappa shape index (κ2) is 8.82. The molecule has 8 heteroatoms. The van der Waals surface area contributed by atoms with Crippen LogP contribution in [0, 0.1) is 0 Å². The highest BCUT2D eigenvalue weighted by Crippen LogP contribution is 2.25. The van der Waals surface area contributed by atoms with Crippen LogP contribution in [0.15, 0.2) is 24.3 Å². The Morgan fingerprint density at radius 2 is 2.03 bits per heavy atom. The summed E-state index contributed by atoms with van der Waals surface area (Å²) in [5, 5.41) is 20.1. The van der Waals surface area contributed by atoms with Crippen molar-refractivity contribution in [3.05, 3.63) is 24.3 Å². The lowest BCUT2D eigenvalue weighted by atomic mass is 10.2. The molecule has 1 saturated carbocycles. The van der Waals surface area contributed by atoms with Gasteiger partial charge in [0.2, 0.25) is 5.95 Å². The molecule has 0 aliphatic heterocycles. The van der Waals surface area contributed by atoms with E-state index in [9.17, 15) is 9.90 Å². The van der Waals surface area contributed by atoms with Gasteiger partial charge in [0, 0.05) is 24.0 Å². The predicted molar refractivity (Wildman–Crippen MR) is 114 cm³/mol. The van der Waals surface area contributed by atoms with Gasteiger partial charge in [0.15, 0.2) is 0 Å². The van der Waals surface area contributed by atoms with Gasteiger partial charge in [-0.25, -0.2) is 9.78 Å². The smallest absolute Gasteiger partial charge is 0.407 e. The Labute approximate surface area is 171 Å². The van der Waals surface area contributed by atoms with Crippen molar-refractivity contribution in [1.29, 1.82) is 0 Å². The molecule has 29 heavy (non-hydrogen) atoms. The lowest BCUT2D eigenvalue weighted by Gasteiger charge is -2.22. The molecule has 3 rings (SSSR count). The number of aliphatic hydroxyl groups excluding tert-OH is 1. The molecule has 0 radical (unpaired) electrons. The molecular formula is C21H31N5O3. The Balaban J connectivity index is 1.68. The first kappa shape index (κ1) is 21.1. The van der Waals surface area contributed by atoms with Gasteiger partial charge in [-0.1, -0.05) is 12.1 Å². The molecule has 1 fully saturated rings. The third-order valence-corrected chi connectivity index (χ3v) is 4.68. The first-order chi connectivity index (χ1) is 13.7. The van der Waals surface area contributed by atoms with E-state index in [4.69, 9.17) is 4.74 Å². The van der Waals surface area contributed by atoms with Gasteiger partial charge >= 0.3 is 6.09 Å². The number of aromatic nitrogens is 2. The molecule has 158 valence electrons. The number of hydrogen-bond acceptors (Lipinski definition) is 7. The van der Waals surface area contributed by atoms with E-state index in [0.717, 1.165) is 23.7 Å². The number of carbonyl (C=O) groups excluding carboxylic acids is 1. The lowest BCUT2D eigenvalue weighted by molar-refractivity contribution is 0.0511. The molecule has 1 aromatic carbocycles. The van der Waals surface area contributed by atoms with Crippen LogP contribution in [-0.2, 0) is 4.74 Å². The summed E-state index contributed by atoms with van der Waals surface area (Å²) in [6.07, 6.45) is 1.70. The van der Waals surface area contributed by atoms with Crippen molar-refractivity contribution in [2.45, 2.75) is 70.7 Å². The summed E-state index contributed by atoms with van der Waals surface area (Å²) in [5.74, 6) is 1.24. The monoisotopic (exact) mass is 401 g/mol. The number of hydrogen-bond donors (Lipinski definition) is 4. The predicted octanol–water partition coefficient (Wildman–Crippen LogP) is 3.28. The highest BCUT2D eigenvalue weighted by molar-refractivity contribution is 5.90. The molecule has 1 amide bonds. The number of para-hydroxylation sites is 1. The van der Waals surface area contributed by atoms with Gasteiger partial charge in [-0.15, -0.1) is 0 Å². The van der Waals surface area contributed by atoms with E-state index in [1.807, 2.05) is 52.0 Å². The van der Waals surface area contributed by atoms with Gasteiger partial charge in [-0.3, -0.25) is 0 Å². The van der Waals surface area contributed by atoms with Crippen molar-refractivity contribution >= 4 is 28.8 Å². The number of ether oxygens (including phenoxy) is 1. The van der Waals surface area contributed by atoms with E-state index in [1.54, 1.807) is 0 Å². The second-order valence-electron chi connectivity index (χ2n) is 8.65. The highest BCUT2D eigenvalue weighted by Gasteiger charge is 2.23. The Kier molecular flexibility index (Phi) is 6.42. The average molecular weight is 402 g/mol. The van der Waals surface area contributed by atoms with Crippen LogP contribution in [0.4, 0.5) is 16.6 Å². The highest BCUT2D eigenvalue weighted by atomic mass is 16.6. The first-order valence-corrected chi connectivity index (χ1v) is 10.1. The number of anilines is 2. The molecule has 4 N–H and O–H groups in total. The molecule has 8 nitrogen and oxygen atoms in total. The van der Waals surface area contributed by atoms with Crippen LogP contribution < -0.4 is 16.0 Å². The van der Waals surface area contributed by atoms with Gasteiger partial charge in [-0.05, 0) is 59.1 Å². The third-order valence-electron chi connectivity index (χ3n) is 4.68. The summed E-state index contributed by atoms with van der Waals surface area (Å²) in [6, 6.07) is 7.81. The molecule has 1 aromatic heterocycles. The SMILES string of the molecule is CC(CNc1nc(N[C@@H]2CC[C@@H](O)C2)nc2ccccc12)NC(=O)OC(C)(C)C. The van der Waals surface area contributed by atoms with E-state index in [-0.39, 0.29) is 18.2 Å². The van der Waals surface area contributed by atoms with Crippen LogP contribution in [0.1, 0.15) is 47.0 Å². The summed E-state index contributed by atoms with van der Waals surface area (Å²) < 4.78 is 5.30. The molecule has 0 saturated heterocycles. The summed E-state index contributed by atoms with van der Waals surface area (Å²) >= 11 is 0. The number of aliphatic hydroxyl groups is 1. The van der Waals surface area contributed by atoms with Crippen LogP contribution >= 0.6 is 0 Å². The molecule has 3 atom stereocenters.